The van der Waals surface area contributed by atoms with Gasteiger partial charge in [-0.1, -0.05) is 12.8 Å². The van der Waals surface area contributed by atoms with Crippen LogP contribution in [0.4, 0.5) is 0 Å². The summed E-state index contributed by atoms with van der Waals surface area (Å²) in [6, 6.07) is 0.539. The van der Waals surface area contributed by atoms with Crippen LogP contribution < -0.4 is 5.32 Å². The molecule has 3 rings (SSSR count). The van der Waals surface area contributed by atoms with Crippen LogP contribution in [0, 0.1) is 0 Å². The molecular weight excluding hydrogens is 252 g/mol. The van der Waals surface area contributed by atoms with Gasteiger partial charge in [0.1, 0.15) is 0 Å². The van der Waals surface area contributed by atoms with Crippen molar-refractivity contribution in [2.24, 2.45) is 0 Å². The number of hydrogen-bond donors (Lipinski definition) is 1. The van der Waals surface area contributed by atoms with Crippen molar-refractivity contribution in [1.82, 2.24) is 10.2 Å². The molecule has 2 aliphatic heterocycles. The molecule has 116 valence electrons. The Morgan fingerprint density at radius 2 is 1.95 bits per heavy atom. The standard InChI is InChI=1S/C16H30N2O2/c1-14(13-18-8-10-19-11-9-18)17-12-15-4-7-16(20-15)5-2-3-6-16/h14-15,17H,2-13H2,1H3. The molecule has 0 aromatic carbocycles. The third kappa shape index (κ3) is 3.73. The monoisotopic (exact) mass is 282 g/mol. The van der Waals surface area contributed by atoms with Gasteiger partial charge in [0.15, 0.2) is 0 Å². The highest BCUT2D eigenvalue weighted by atomic mass is 16.5. The predicted octanol–water partition coefficient (Wildman–Crippen LogP) is 1.79. The summed E-state index contributed by atoms with van der Waals surface area (Å²) < 4.78 is 11.7. The third-order valence-corrected chi connectivity index (χ3v) is 5.18. The minimum atomic E-state index is 0.278. The average Bonchev–Trinajstić information content (AvgIpc) is 3.08. The van der Waals surface area contributed by atoms with Gasteiger partial charge in [0.05, 0.1) is 24.9 Å². The van der Waals surface area contributed by atoms with Gasteiger partial charge in [-0.25, -0.2) is 0 Å². The summed E-state index contributed by atoms with van der Waals surface area (Å²) in [4.78, 5) is 2.50. The number of rotatable bonds is 5. The van der Waals surface area contributed by atoms with Crippen LogP contribution in [0.1, 0.15) is 45.4 Å². The molecule has 1 spiro atoms. The summed E-state index contributed by atoms with van der Waals surface area (Å²) in [6.45, 7) is 8.37. The molecule has 2 saturated heterocycles. The first kappa shape index (κ1) is 14.8. The molecule has 3 fully saturated rings. The van der Waals surface area contributed by atoms with Crippen LogP contribution in [-0.4, -0.2) is 62.0 Å². The molecule has 4 heteroatoms. The topological polar surface area (TPSA) is 33.7 Å². The van der Waals surface area contributed by atoms with E-state index in [-0.39, 0.29) is 5.60 Å². The molecule has 2 heterocycles. The van der Waals surface area contributed by atoms with Gasteiger partial charge < -0.3 is 14.8 Å². The molecule has 0 amide bonds. The van der Waals surface area contributed by atoms with Crippen LogP contribution in [-0.2, 0) is 9.47 Å². The highest BCUT2D eigenvalue weighted by molar-refractivity contribution is 4.93. The lowest BCUT2D eigenvalue weighted by molar-refractivity contribution is -0.0363. The molecule has 1 N–H and O–H groups in total. The third-order valence-electron chi connectivity index (χ3n) is 5.18. The van der Waals surface area contributed by atoms with Crippen LogP contribution in [0.15, 0.2) is 0 Å². The zero-order chi connectivity index (χ0) is 13.8. The maximum Gasteiger partial charge on any atom is 0.0708 e. The molecule has 2 unspecified atom stereocenters. The number of nitrogens with zero attached hydrogens (tertiary/aromatic N) is 1. The summed E-state index contributed by atoms with van der Waals surface area (Å²) in [5.74, 6) is 0. The highest BCUT2D eigenvalue weighted by Crippen LogP contribution is 2.43. The van der Waals surface area contributed by atoms with Crippen molar-refractivity contribution in [2.75, 3.05) is 39.4 Å². The summed E-state index contributed by atoms with van der Waals surface area (Å²) in [5.41, 5.74) is 0.278. The van der Waals surface area contributed by atoms with Crippen LogP contribution in [0.3, 0.4) is 0 Å². The van der Waals surface area contributed by atoms with E-state index in [2.05, 4.69) is 17.1 Å². The van der Waals surface area contributed by atoms with Gasteiger partial charge in [-0.05, 0) is 32.6 Å². The molecule has 3 aliphatic rings. The lowest BCUT2D eigenvalue weighted by Gasteiger charge is -2.30. The SMILES string of the molecule is CC(CN1CCOCC1)NCC1CCC2(CCCC2)O1. The fourth-order valence-corrected chi connectivity index (χ4v) is 3.99. The molecule has 0 bridgehead atoms. The van der Waals surface area contributed by atoms with Gasteiger partial charge in [-0.15, -0.1) is 0 Å². The molecule has 4 nitrogen and oxygen atoms in total. The quantitative estimate of drug-likeness (QED) is 0.833. The maximum absolute atomic E-state index is 6.35. The smallest absolute Gasteiger partial charge is 0.0708 e. The van der Waals surface area contributed by atoms with E-state index >= 15 is 0 Å². The highest BCUT2D eigenvalue weighted by Gasteiger charge is 2.41. The Kier molecular flexibility index (Phi) is 4.97. The van der Waals surface area contributed by atoms with Crippen LogP contribution in [0.5, 0.6) is 0 Å². The first-order valence-electron chi connectivity index (χ1n) is 8.47. The van der Waals surface area contributed by atoms with Gasteiger partial charge in [-0.3, -0.25) is 4.90 Å². The van der Waals surface area contributed by atoms with Gasteiger partial charge in [0.2, 0.25) is 0 Å². The number of morpholine rings is 1. The van der Waals surface area contributed by atoms with Gasteiger partial charge >= 0.3 is 0 Å². The molecule has 1 saturated carbocycles. The van der Waals surface area contributed by atoms with Crippen molar-refractivity contribution in [3.8, 4) is 0 Å². The lowest BCUT2D eigenvalue weighted by atomic mass is 9.98. The van der Waals surface area contributed by atoms with Crippen LogP contribution in [0.2, 0.25) is 0 Å². The van der Waals surface area contributed by atoms with Gasteiger partial charge in [0, 0.05) is 32.2 Å². The van der Waals surface area contributed by atoms with Crippen LogP contribution >= 0.6 is 0 Å². The van der Waals surface area contributed by atoms with Crippen molar-refractivity contribution < 1.29 is 9.47 Å². The van der Waals surface area contributed by atoms with E-state index in [4.69, 9.17) is 9.47 Å². The molecular formula is C16H30N2O2. The molecule has 20 heavy (non-hydrogen) atoms. The summed E-state index contributed by atoms with van der Waals surface area (Å²) >= 11 is 0. The second kappa shape index (κ2) is 6.73. The molecule has 0 aromatic rings. The van der Waals surface area contributed by atoms with Gasteiger partial charge in [0.25, 0.3) is 0 Å². The van der Waals surface area contributed by atoms with E-state index in [1.54, 1.807) is 0 Å². The van der Waals surface area contributed by atoms with Gasteiger partial charge in [-0.2, -0.15) is 0 Å². The Morgan fingerprint density at radius 3 is 2.70 bits per heavy atom. The Hall–Kier alpha value is -0.160. The normalized spacial score (nSPS) is 31.9. The Labute approximate surface area is 123 Å². The lowest BCUT2D eigenvalue weighted by Crippen LogP contribution is -2.46. The zero-order valence-corrected chi connectivity index (χ0v) is 12.9. The van der Waals surface area contributed by atoms with E-state index in [0.717, 1.165) is 39.4 Å². The van der Waals surface area contributed by atoms with E-state index in [0.29, 0.717) is 12.1 Å². The molecule has 2 atom stereocenters. The second-order valence-corrected chi connectivity index (χ2v) is 6.89. The van der Waals surface area contributed by atoms with Crippen molar-refractivity contribution >= 4 is 0 Å². The largest absolute Gasteiger partial charge is 0.379 e. The maximum atomic E-state index is 6.35. The van der Waals surface area contributed by atoms with E-state index in [1.807, 2.05) is 0 Å². The first-order valence-corrected chi connectivity index (χ1v) is 8.47. The zero-order valence-electron chi connectivity index (χ0n) is 12.9. The van der Waals surface area contributed by atoms with Crippen molar-refractivity contribution in [3.05, 3.63) is 0 Å². The number of hydrogen-bond acceptors (Lipinski definition) is 4. The number of nitrogens with one attached hydrogen (secondary N) is 1. The molecule has 1 aliphatic carbocycles. The number of ether oxygens (including phenoxy) is 2. The Bertz CT molecular complexity index is 299. The second-order valence-electron chi connectivity index (χ2n) is 6.89. The fraction of sp³-hybridized carbons (Fsp3) is 1.00. The molecule has 0 aromatic heterocycles. The van der Waals surface area contributed by atoms with E-state index in [1.165, 1.54) is 38.5 Å². The first-order chi connectivity index (χ1) is 9.76. The summed E-state index contributed by atoms with van der Waals surface area (Å²) in [6.07, 6.45) is 8.31. The van der Waals surface area contributed by atoms with Crippen molar-refractivity contribution in [2.45, 2.75) is 63.2 Å². The predicted molar refractivity (Wildman–Crippen MR) is 80.0 cm³/mol. The van der Waals surface area contributed by atoms with E-state index in [9.17, 15) is 0 Å². The molecule has 0 radical (unpaired) electrons. The summed E-state index contributed by atoms with van der Waals surface area (Å²) in [5, 5.41) is 3.67. The Balaban J connectivity index is 1.34. The van der Waals surface area contributed by atoms with Crippen LogP contribution in [0.25, 0.3) is 0 Å². The average molecular weight is 282 g/mol. The minimum Gasteiger partial charge on any atom is -0.379 e. The summed E-state index contributed by atoms with van der Waals surface area (Å²) in [7, 11) is 0. The van der Waals surface area contributed by atoms with Crippen molar-refractivity contribution in [3.63, 3.8) is 0 Å². The van der Waals surface area contributed by atoms with Crippen molar-refractivity contribution in [1.29, 1.82) is 0 Å². The van der Waals surface area contributed by atoms with E-state index < -0.39 is 0 Å². The Morgan fingerprint density at radius 1 is 1.20 bits per heavy atom. The minimum absolute atomic E-state index is 0.278. The fourth-order valence-electron chi connectivity index (χ4n) is 3.99.